The molecule has 1 rings (SSSR count). The smallest absolute Gasteiger partial charge is 0.337 e. The molecule has 0 aromatic heterocycles. The molecule has 0 bridgehead atoms. The van der Waals surface area contributed by atoms with Gasteiger partial charge in [0, 0.05) is 11.7 Å². The van der Waals surface area contributed by atoms with Crippen molar-refractivity contribution < 1.29 is 9.90 Å². The number of anilines is 1. The van der Waals surface area contributed by atoms with Crippen LogP contribution in [0.3, 0.4) is 0 Å². The van der Waals surface area contributed by atoms with Crippen LogP contribution in [0, 0.1) is 6.92 Å². The van der Waals surface area contributed by atoms with Gasteiger partial charge in [0.15, 0.2) is 0 Å². The number of nitrogens with one attached hydrogen (secondary N) is 1. The monoisotopic (exact) mass is 263 g/mol. The SMILES string of the molecule is CCCCC(CCC)Nc1ccc(C)cc1C(=O)O. The number of benzene rings is 1. The molecule has 0 amide bonds. The van der Waals surface area contributed by atoms with Gasteiger partial charge in [0.25, 0.3) is 0 Å². The quantitative estimate of drug-likeness (QED) is 0.727. The Balaban J connectivity index is 2.85. The summed E-state index contributed by atoms with van der Waals surface area (Å²) in [6, 6.07) is 5.93. The van der Waals surface area contributed by atoms with Crippen molar-refractivity contribution >= 4 is 11.7 Å². The Morgan fingerprint density at radius 3 is 2.58 bits per heavy atom. The van der Waals surface area contributed by atoms with E-state index in [1.807, 2.05) is 19.1 Å². The van der Waals surface area contributed by atoms with Crippen molar-refractivity contribution in [2.45, 2.75) is 58.9 Å². The van der Waals surface area contributed by atoms with Gasteiger partial charge in [-0.25, -0.2) is 4.79 Å². The molecule has 0 heterocycles. The van der Waals surface area contributed by atoms with Crippen molar-refractivity contribution in [1.29, 1.82) is 0 Å². The number of carbonyl (C=O) groups is 1. The predicted octanol–water partition coefficient (Wildman–Crippen LogP) is 4.46. The Bertz CT molecular complexity index is 415. The van der Waals surface area contributed by atoms with Crippen LogP contribution in [0.15, 0.2) is 18.2 Å². The largest absolute Gasteiger partial charge is 0.478 e. The first-order valence-corrected chi connectivity index (χ1v) is 7.19. The van der Waals surface area contributed by atoms with Crippen molar-refractivity contribution in [3.8, 4) is 0 Å². The van der Waals surface area contributed by atoms with E-state index in [0.717, 1.165) is 30.5 Å². The van der Waals surface area contributed by atoms with Crippen LogP contribution in [0.5, 0.6) is 0 Å². The summed E-state index contributed by atoms with van der Waals surface area (Å²) < 4.78 is 0. The van der Waals surface area contributed by atoms with E-state index < -0.39 is 5.97 Å². The van der Waals surface area contributed by atoms with Crippen LogP contribution in [0.25, 0.3) is 0 Å². The number of rotatable bonds is 8. The van der Waals surface area contributed by atoms with E-state index in [1.165, 1.54) is 12.8 Å². The summed E-state index contributed by atoms with van der Waals surface area (Å²) in [4.78, 5) is 11.3. The first kappa shape index (κ1) is 15.5. The molecule has 0 aliphatic heterocycles. The summed E-state index contributed by atoms with van der Waals surface area (Å²) in [5, 5.41) is 12.7. The van der Waals surface area contributed by atoms with E-state index >= 15 is 0 Å². The van der Waals surface area contributed by atoms with Crippen molar-refractivity contribution in [1.82, 2.24) is 0 Å². The van der Waals surface area contributed by atoms with Gasteiger partial charge in [-0.15, -0.1) is 0 Å². The fourth-order valence-electron chi connectivity index (χ4n) is 2.27. The number of aromatic carboxylic acids is 1. The highest BCUT2D eigenvalue weighted by Gasteiger charge is 2.14. The van der Waals surface area contributed by atoms with Crippen LogP contribution in [-0.4, -0.2) is 17.1 Å². The lowest BCUT2D eigenvalue weighted by molar-refractivity contribution is 0.0698. The molecule has 3 heteroatoms. The summed E-state index contributed by atoms with van der Waals surface area (Å²) in [5.74, 6) is -0.864. The molecule has 0 saturated carbocycles. The van der Waals surface area contributed by atoms with Crippen LogP contribution in [0.2, 0.25) is 0 Å². The number of hydrogen-bond acceptors (Lipinski definition) is 2. The third-order valence-corrected chi connectivity index (χ3v) is 3.31. The van der Waals surface area contributed by atoms with Gasteiger partial charge in [0.2, 0.25) is 0 Å². The minimum atomic E-state index is -0.864. The normalized spacial score (nSPS) is 12.2. The molecule has 1 unspecified atom stereocenters. The lowest BCUT2D eigenvalue weighted by atomic mass is 10.0. The molecule has 0 aliphatic carbocycles. The average Bonchev–Trinajstić information content (AvgIpc) is 2.38. The van der Waals surface area contributed by atoms with E-state index in [-0.39, 0.29) is 0 Å². The average molecular weight is 263 g/mol. The summed E-state index contributed by atoms with van der Waals surface area (Å²) in [7, 11) is 0. The molecule has 1 aromatic rings. The fraction of sp³-hybridized carbons (Fsp3) is 0.562. The molecule has 0 radical (unpaired) electrons. The molecule has 0 aliphatic rings. The summed E-state index contributed by atoms with van der Waals surface area (Å²) in [5.41, 5.74) is 2.09. The zero-order valence-electron chi connectivity index (χ0n) is 12.2. The highest BCUT2D eigenvalue weighted by Crippen LogP contribution is 2.21. The van der Waals surface area contributed by atoms with E-state index in [4.69, 9.17) is 0 Å². The van der Waals surface area contributed by atoms with Crippen LogP contribution in [0.1, 0.15) is 61.9 Å². The van der Waals surface area contributed by atoms with E-state index in [2.05, 4.69) is 19.2 Å². The van der Waals surface area contributed by atoms with Crippen molar-refractivity contribution in [3.63, 3.8) is 0 Å². The minimum Gasteiger partial charge on any atom is -0.478 e. The molecule has 3 nitrogen and oxygen atoms in total. The Labute approximate surface area is 116 Å². The van der Waals surface area contributed by atoms with Crippen LogP contribution < -0.4 is 5.32 Å². The predicted molar refractivity (Wildman–Crippen MR) is 80.0 cm³/mol. The topological polar surface area (TPSA) is 49.3 Å². The Hall–Kier alpha value is -1.51. The molecule has 0 saturated heterocycles. The van der Waals surface area contributed by atoms with E-state index in [9.17, 15) is 9.90 Å². The zero-order valence-corrected chi connectivity index (χ0v) is 12.2. The molecule has 1 aromatic carbocycles. The molecule has 19 heavy (non-hydrogen) atoms. The highest BCUT2D eigenvalue weighted by atomic mass is 16.4. The number of hydrogen-bond donors (Lipinski definition) is 2. The lowest BCUT2D eigenvalue weighted by Crippen LogP contribution is -2.21. The van der Waals surface area contributed by atoms with Crippen molar-refractivity contribution in [3.05, 3.63) is 29.3 Å². The van der Waals surface area contributed by atoms with Crippen LogP contribution in [0.4, 0.5) is 5.69 Å². The van der Waals surface area contributed by atoms with Gasteiger partial charge in [-0.2, -0.15) is 0 Å². The lowest BCUT2D eigenvalue weighted by Gasteiger charge is -2.20. The first-order chi connectivity index (χ1) is 9.08. The Morgan fingerprint density at radius 2 is 2.00 bits per heavy atom. The minimum absolute atomic E-state index is 0.366. The standard InChI is InChI=1S/C16H25NO2/c1-4-6-8-13(7-5-2)17-15-10-9-12(3)11-14(15)16(18)19/h9-11,13,17H,4-8H2,1-3H3,(H,18,19). The van der Waals surface area contributed by atoms with E-state index in [1.54, 1.807) is 6.07 Å². The van der Waals surface area contributed by atoms with Crippen LogP contribution >= 0.6 is 0 Å². The van der Waals surface area contributed by atoms with Crippen molar-refractivity contribution in [2.24, 2.45) is 0 Å². The van der Waals surface area contributed by atoms with Crippen molar-refractivity contribution in [2.75, 3.05) is 5.32 Å². The highest BCUT2D eigenvalue weighted by molar-refractivity contribution is 5.94. The Morgan fingerprint density at radius 1 is 1.26 bits per heavy atom. The van der Waals surface area contributed by atoms with Crippen LogP contribution in [-0.2, 0) is 0 Å². The second kappa shape index (κ2) is 7.82. The maximum Gasteiger partial charge on any atom is 0.337 e. The number of carboxylic acid groups (broad SMARTS) is 1. The number of aryl methyl sites for hydroxylation is 1. The fourth-order valence-corrected chi connectivity index (χ4v) is 2.27. The first-order valence-electron chi connectivity index (χ1n) is 7.19. The molecular formula is C16H25NO2. The second-order valence-corrected chi connectivity index (χ2v) is 5.13. The van der Waals surface area contributed by atoms with Gasteiger partial charge in [-0.3, -0.25) is 0 Å². The zero-order chi connectivity index (χ0) is 14.3. The second-order valence-electron chi connectivity index (χ2n) is 5.13. The van der Waals surface area contributed by atoms with Gasteiger partial charge in [0.05, 0.1) is 5.56 Å². The molecule has 1 atom stereocenters. The van der Waals surface area contributed by atoms with E-state index in [0.29, 0.717) is 11.6 Å². The molecule has 106 valence electrons. The molecule has 2 N–H and O–H groups in total. The van der Waals surface area contributed by atoms with Gasteiger partial charge in [0.1, 0.15) is 0 Å². The third-order valence-electron chi connectivity index (χ3n) is 3.31. The van der Waals surface area contributed by atoms with Gasteiger partial charge in [-0.1, -0.05) is 44.7 Å². The molecule has 0 fully saturated rings. The van der Waals surface area contributed by atoms with Gasteiger partial charge >= 0.3 is 5.97 Å². The Kier molecular flexibility index (Phi) is 6.40. The number of carboxylic acids is 1. The third kappa shape index (κ3) is 4.93. The number of unbranched alkanes of at least 4 members (excludes halogenated alkanes) is 1. The summed E-state index contributed by atoms with van der Waals surface area (Å²) >= 11 is 0. The van der Waals surface area contributed by atoms with Gasteiger partial charge < -0.3 is 10.4 Å². The summed E-state index contributed by atoms with van der Waals surface area (Å²) in [6.07, 6.45) is 5.62. The molecular weight excluding hydrogens is 238 g/mol. The maximum absolute atomic E-state index is 11.3. The molecule has 0 spiro atoms. The summed E-state index contributed by atoms with van der Waals surface area (Å²) in [6.45, 7) is 6.25. The maximum atomic E-state index is 11.3. The van der Waals surface area contributed by atoms with Gasteiger partial charge in [-0.05, 0) is 31.9 Å².